The average Bonchev–Trinajstić information content (AvgIpc) is 2.54. The Balaban J connectivity index is 2.07. The topological polar surface area (TPSA) is 59.1 Å². The van der Waals surface area contributed by atoms with Gasteiger partial charge in [-0.1, -0.05) is 18.1 Å². The van der Waals surface area contributed by atoms with Crippen LogP contribution in [0.4, 0.5) is 5.69 Å². The lowest BCUT2D eigenvalue weighted by Gasteiger charge is -2.10. The number of aromatic nitrogens is 1. The molecule has 0 amide bonds. The summed E-state index contributed by atoms with van der Waals surface area (Å²) in [5.74, 6) is 2.48. The molecule has 4 nitrogen and oxygen atoms in total. The van der Waals surface area contributed by atoms with Crippen LogP contribution in [-0.4, -0.2) is 13.4 Å². The number of nitrogens with zero attached hydrogens (tertiary/aromatic N) is 1. The summed E-state index contributed by atoms with van der Waals surface area (Å²) in [5, 5.41) is 0.575. The van der Waals surface area contributed by atoms with E-state index in [4.69, 9.17) is 6.42 Å². The second kappa shape index (κ2) is 5.51. The van der Waals surface area contributed by atoms with Gasteiger partial charge in [0.25, 0.3) is 10.0 Å². The van der Waals surface area contributed by atoms with Crippen LogP contribution < -0.4 is 4.72 Å². The molecule has 0 spiro atoms. The Labute approximate surface area is 128 Å². The lowest BCUT2D eigenvalue weighted by atomic mass is 10.2. The summed E-state index contributed by atoms with van der Waals surface area (Å²) in [4.78, 5) is 4.36. The molecule has 3 rings (SSSR count). The second-order valence-corrected chi connectivity index (χ2v) is 6.31. The van der Waals surface area contributed by atoms with Crippen molar-refractivity contribution in [3.8, 4) is 12.3 Å². The van der Waals surface area contributed by atoms with Crippen LogP contribution in [0.3, 0.4) is 0 Å². The molecule has 0 radical (unpaired) electrons. The van der Waals surface area contributed by atoms with Gasteiger partial charge >= 0.3 is 0 Å². The van der Waals surface area contributed by atoms with E-state index >= 15 is 0 Å². The number of rotatable bonds is 3. The highest BCUT2D eigenvalue weighted by Gasteiger charge is 2.17. The molecule has 0 saturated carbocycles. The first-order valence-corrected chi connectivity index (χ1v) is 8.02. The Hall–Kier alpha value is -2.84. The minimum atomic E-state index is -3.72. The predicted octanol–water partition coefficient (Wildman–Crippen LogP) is 3.02. The van der Waals surface area contributed by atoms with Crippen LogP contribution in [0.25, 0.3) is 10.9 Å². The third kappa shape index (κ3) is 2.65. The number of anilines is 1. The molecule has 0 atom stereocenters. The Morgan fingerprint density at radius 3 is 2.68 bits per heavy atom. The molecule has 0 bridgehead atoms. The van der Waals surface area contributed by atoms with Crippen LogP contribution in [-0.2, 0) is 10.0 Å². The van der Waals surface area contributed by atoms with Crippen LogP contribution >= 0.6 is 0 Å². The van der Waals surface area contributed by atoms with E-state index in [0.29, 0.717) is 22.2 Å². The van der Waals surface area contributed by atoms with Crippen molar-refractivity contribution in [2.24, 2.45) is 0 Å². The van der Waals surface area contributed by atoms with E-state index in [-0.39, 0.29) is 4.90 Å². The molecule has 5 heteroatoms. The molecule has 0 unspecified atom stereocenters. The molecule has 22 heavy (non-hydrogen) atoms. The fourth-order valence-electron chi connectivity index (χ4n) is 2.19. The Bertz CT molecular complexity index is 983. The molecular formula is C17H12N2O2S. The van der Waals surface area contributed by atoms with Gasteiger partial charge in [0.1, 0.15) is 0 Å². The molecule has 3 aromatic rings. The number of nitrogens with one attached hydrogen (secondary N) is 1. The highest BCUT2D eigenvalue weighted by molar-refractivity contribution is 7.93. The van der Waals surface area contributed by atoms with Gasteiger partial charge in [0.15, 0.2) is 0 Å². The van der Waals surface area contributed by atoms with E-state index in [2.05, 4.69) is 15.6 Å². The SMILES string of the molecule is C#Cc1cccc(NS(=O)(=O)c2cccc3ncccc23)c1. The molecule has 0 aliphatic rings. The monoisotopic (exact) mass is 308 g/mol. The Morgan fingerprint density at radius 1 is 1.05 bits per heavy atom. The van der Waals surface area contributed by atoms with Crippen LogP contribution in [0.15, 0.2) is 65.7 Å². The van der Waals surface area contributed by atoms with Crippen molar-refractivity contribution in [1.29, 1.82) is 0 Å². The first-order chi connectivity index (χ1) is 10.6. The summed E-state index contributed by atoms with van der Waals surface area (Å²) in [6.07, 6.45) is 6.96. The zero-order chi connectivity index (χ0) is 15.6. The molecule has 0 fully saturated rings. The summed E-state index contributed by atoms with van der Waals surface area (Å²) in [6, 6.07) is 15.1. The van der Waals surface area contributed by atoms with Crippen molar-refractivity contribution in [2.45, 2.75) is 4.90 Å². The summed E-state index contributed by atoms with van der Waals surface area (Å²) in [6.45, 7) is 0. The van der Waals surface area contributed by atoms with Gasteiger partial charge in [-0.25, -0.2) is 8.42 Å². The zero-order valence-electron chi connectivity index (χ0n) is 11.5. The molecule has 2 aromatic carbocycles. The van der Waals surface area contributed by atoms with Crippen LogP contribution in [0.2, 0.25) is 0 Å². The summed E-state index contributed by atoms with van der Waals surface area (Å²) in [5.41, 5.74) is 1.67. The molecular weight excluding hydrogens is 296 g/mol. The molecule has 0 saturated heterocycles. The maximum absolute atomic E-state index is 12.6. The standard InChI is InChI=1S/C17H12N2O2S/c1-2-13-6-3-7-14(12-13)19-22(20,21)17-10-4-9-16-15(17)8-5-11-18-16/h1,3-12,19H. The van der Waals surface area contributed by atoms with Crippen molar-refractivity contribution in [3.05, 3.63) is 66.4 Å². The number of fused-ring (bicyclic) bond motifs is 1. The Kier molecular flexibility index (Phi) is 3.53. The van der Waals surface area contributed by atoms with Gasteiger partial charge in [0.05, 0.1) is 16.1 Å². The highest BCUT2D eigenvalue weighted by Crippen LogP contribution is 2.23. The van der Waals surface area contributed by atoms with E-state index in [1.165, 1.54) is 0 Å². The van der Waals surface area contributed by atoms with Gasteiger partial charge in [0.2, 0.25) is 0 Å². The second-order valence-electron chi connectivity index (χ2n) is 4.66. The van der Waals surface area contributed by atoms with Gasteiger partial charge in [-0.3, -0.25) is 9.71 Å². The third-order valence-corrected chi connectivity index (χ3v) is 4.62. The molecule has 1 heterocycles. The largest absolute Gasteiger partial charge is 0.280 e. The first-order valence-electron chi connectivity index (χ1n) is 6.53. The fourth-order valence-corrected chi connectivity index (χ4v) is 3.46. The first kappa shape index (κ1) is 14.1. The van der Waals surface area contributed by atoms with Crippen molar-refractivity contribution in [2.75, 3.05) is 4.72 Å². The predicted molar refractivity (Wildman–Crippen MR) is 86.9 cm³/mol. The zero-order valence-corrected chi connectivity index (χ0v) is 12.3. The van der Waals surface area contributed by atoms with Crippen molar-refractivity contribution in [1.82, 2.24) is 4.98 Å². The number of terminal acetylenes is 1. The maximum Gasteiger partial charge on any atom is 0.262 e. The van der Waals surface area contributed by atoms with Gasteiger partial charge in [-0.2, -0.15) is 0 Å². The summed E-state index contributed by atoms with van der Waals surface area (Å²) < 4.78 is 27.8. The van der Waals surface area contributed by atoms with Gasteiger partial charge in [-0.05, 0) is 42.5 Å². The number of pyridine rings is 1. The van der Waals surface area contributed by atoms with Gasteiger partial charge < -0.3 is 0 Å². The van der Waals surface area contributed by atoms with E-state index < -0.39 is 10.0 Å². The molecule has 108 valence electrons. The smallest absolute Gasteiger partial charge is 0.262 e. The summed E-state index contributed by atoms with van der Waals surface area (Å²) >= 11 is 0. The summed E-state index contributed by atoms with van der Waals surface area (Å²) in [7, 11) is -3.72. The minimum Gasteiger partial charge on any atom is -0.280 e. The van der Waals surface area contributed by atoms with E-state index in [1.54, 1.807) is 60.8 Å². The van der Waals surface area contributed by atoms with E-state index in [1.807, 2.05) is 0 Å². The molecule has 0 aliphatic carbocycles. The minimum absolute atomic E-state index is 0.184. The van der Waals surface area contributed by atoms with E-state index in [0.717, 1.165) is 0 Å². The number of sulfonamides is 1. The molecule has 1 N–H and O–H groups in total. The third-order valence-electron chi connectivity index (χ3n) is 3.18. The van der Waals surface area contributed by atoms with Gasteiger partial charge in [0, 0.05) is 17.1 Å². The number of hydrogen-bond donors (Lipinski definition) is 1. The fraction of sp³-hybridized carbons (Fsp3) is 0. The maximum atomic E-state index is 12.6. The Morgan fingerprint density at radius 2 is 1.86 bits per heavy atom. The number of hydrogen-bond acceptors (Lipinski definition) is 3. The van der Waals surface area contributed by atoms with Crippen molar-refractivity contribution >= 4 is 26.6 Å². The van der Waals surface area contributed by atoms with Crippen LogP contribution in [0.1, 0.15) is 5.56 Å². The van der Waals surface area contributed by atoms with Gasteiger partial charge in [-0.15, -0.1) is 6.42 Å². The lowest BCUT2D eigenvalue weighted by Crippen LogP contribution is -2.13. The molecule has 0 aliphatic heterocycles. The quantitative estimate of drug-likeness (QED) is 0.757. The van der Waals surface area contributed by atoms with Crippen LogP contribution in [0, 0.1) is 12.3 Å². The number of benzene rings is 2. The normalized spacial score (nSPS) is 11.0. The van der Waals surface area contributed by atoms with Crippen molar-refractivity contribution < 1.29 is 8.42 Å². The van der Waals surface area contributed by atoms with Crippen molar-refractivity contribution in [3.63, 3.8) is 0 Å². The average molecular weight is 308 g/mol. The molecule has 1 aromatic heterocycles. The van der Waals surface area contributed by atoms with E-state index in [9.17, 15) is 8.42 Å². The highest BCUT2D eigenvalue weighted by atomic mass is 32.2. The van der Waals surface area contributed by atoms with Crippen LogP contribution in [0.5, 0.6) is 0 Å². The lowest BCUT2D eigenvalue weighted by molar-refractivity contribution is 0.602.